The number of amides is 1. The van der Waals surface area contributed by atoms with E-state index in [1.807, 2.05) is 6.07 Å². The molecule has 27 heavy (non-hydrogen) atoms. The van der Waals surface area contributed by atoms with Gasteiger partial charge in [0.25, 0.3) is 10.0 Å². The number of piperidine rings is 1. The van der Waals surface area contributed by atoms with E-state index in [-0.39, 0.29) is 16.8 Å². The van der Waals surface area contributed by atoms with Gasteiger partial charge in [-0.05, 0) is 59.1 Å². The smallest absolute Gasteiger partial charge is 0.252 e. The number of nitrogens with one attached hydrogen (secondary N) is 1. The number of nitrogens with zero attached hydrogens (tertiary/aromatic N) is 2. The standard InChI is InChI=1S/C17H15BrClN3O3S2/c18-15-3-4-16(26-15)27(24,25)22-7-5-11(6-8-22)17(23)21-13-2-1-12(10-20)14(19)9-13/h1-4,9,11H,5-8H2,(H,21,23). The third-order valence-electron chi connectivity index (χ3n) is 4.32. The first kappa shape index (κ1) is 20.3. The molecule has 2 heterocycles. The molecule has 0 aliphatic carbocycles. The van der Waals surface area contributed by atoms with Gasteiger partial charge < -0.3 is 5.32 Å². The monoisotopic (exact) mass is 487 g/mol. The summed E-state index contributed by atoms with van der Waals surface area (Å²) in [6.45, 7) is 0.591. The molecule has 0 spiro atoms. The van der Waals surface area contributed by atoms with Crippen molar-refractivity contribution in [2.45, 2.75) is 17.1 Å². The first-order valence-corrected chi connectivity index (χ1v) is 11.5. The largest absolute Gasteiger partial charge is 0.326 e. The Bertz CT molecular complexity index is 1010. The summed E-state index contributed by atoms with van der Waals surface area (Å²) in [5, 5.41) is 12.0. The Hall–Kier alpha value is -1.44. The Morgan fingerprint density at radius 1 is 1.30 bits per heavy atom. The van der Waals surface area contributed by atoms with Gasteiger partial charge in [0.15, 0.2) is 0 Å². The second-order valence-electron chi connectivity index (χ2n) is 6.03. The maximum Gasteiger partial charge on any atom is 0.252 e. The summed E-state index contributed by atoms with van der Waals surface area (Å²) in [5.41, 5.74) is 0.857. The molecule has 0 atom stereocenters. The zero-order chi connectivity index (χ0) is 19.6. The fraction of sp³-hybridized carbons (Fsp3) is 0.294. The van der Waals surface area contributed by atoms with Gasteiger partial charge in [-0.15, -0.1) is 11.3 Å². The van der Waals surface area contributed by atoms with Crippen molar-refractivity contribution in [3.05, 3.63) is 44.7 Å². The molecule has 0 unspecified atom stereocenters. The number of nitriles is 1. The summed E-state index contributed by atoms with van der Waals surface area (Å²) in [7, 11) is -3.52. The molecule has 0 bridgehead atoms. The van der Waals surface area contributed by atoms with Crippen molar-refractivity contribution in [1.29, 1.82) is 5.26 Å². The third-order valence-corrected chi connectivity index (χ3v) is 8.63. The maximum absolute atomic E-state index is 12.6. The quantitative estimate of drug-likeness (QED) is 0.702. The number of carbonyl (C=O) groups is 1. The van der Waals surface area contributed by atoms with Gasteiger partial charge in [0.2, 0.25) is 5.91 Å². The number of halogens is 2. The lowest BCUT2D eigenvalue weighted by molar-refractivity contribution is -0.120. The van der Waals surface area contributed by atoms with Gasteiger partial charge in [-0.3, -0.25) is 4.79 Å². The molecule has 1 aliphatic heterocycles. The van der Waals surface area contributed by atoms with Crippen LogP contribution in [0.1, 0.15) is 18.4 Å². The molecule has 1 aliphatic rings. The second-order valence-corrected chi connectivity index (χ2v) is 11.1. The van der Waals surface area contributed by atoms with Crippen molar-refractivity contribution in [2.75, 3.05) is 18.4 Å². The molecule has 1 aromatic heterocycles. The van der Waals surface area contributed by atoms with Gasteiger partial charge in [0.1, 0.15) is 10.3 Å². The van der Waals surface area contributed by atoms with E-state index in [1.54, 1.807) is 24.3 Å². The zero-order valence-corrected chi connectivity index (χ0v) is 18.0. The Labute approximate surface area is 174 Å². The summed E-state index contributed by atoms with van der Waals surface area (Å²) >= 11 is 10.4. The maximum atomic E-state index is 12.6. The van der Waals surface area contributed by atoms with Gasteiger partial charge in [-0.1, -0.05) is 11.6 Å². The van der Waals surface area contributed by atoms with Crippen molar-refractivity contribution < 1.29 is 13.2 Å². The topological polar surface area (TPSA) is 90.3 Å². The van der Waals surface area contributed by atoms with Crippen LogP contribution in [0.25, 0.3) is 0 Å². The van der Waals surface area contributed by atoms with Crippen molar-refractivity contribution in [3.8, 4) is 6.07 Å². The summed E-state index contributed by atoms with van der Waals surface area (Å²) < 4.78 is 27.8. The minimum absolute atomic E-state index is 0.174. The lowest BCUT2D eigenvalue weighted by Gasteiger charge is -2.30. The highest BCUT2D eigenvalue weighted by Gasteiger charge is 2.32. The molecule has 10 heteroatoms. The number of hydrogen-bond acceptors (Lipinski definition) is 5. The molecular weight excluding hydrogens is 474 g/mol. The highest BCUT2D eigenvalue weighted by atomic mass is 79.9. The fourth-order valence-electron chi connectivity index (χ4n) is 2.85. The molecule has 1 fully saturated rings. The SMILES string of the molecule is N#Cc1ccc(NC(=O)C2CCN(S(=O)(=O)c3ccc(Br)s3)CC2)cc1Cl. The van der Waals surface area contributed by atoms with Crippen LogP contribution in [-0.2, 0) is 14.8 Å². The van der Waals surface area contributed by atoms with Crippen molar-refractivity contribution in [2.24, 2.45) is 5.92 Å². The van der Waals surface area contributed by atoms with Gasteiger partial charge in [0.05, 0.1) is 14.4 Å². The van der Waals surface area contributed by atoms with Crippen molar-refractivity contribution >= 4 is 60.5 Å². The lowest BCUT2D eigenvalue weighted by Crippen LogP contribution is -2.41. The number of thiophene rings is 1. The fourth-order valence-corrected chi connectivity index (χ4v) is 6.71. The zero-order valence-electron chi connectivity index (χ0n) is 14.0. The van der Waals surface area contributed by atoms with Crippen LogP contribution in [0.15, 0.2) is 38.3 Å². The van der Waals surface area contributed by atoms with Crippen LogP contribution < -0.4 is 5.32 Å². The number of rotatable bonds is 4. The van der Waals surface area contributed by atoms with Gasteiger partial charge in [-0.2, -0.15) is 9.57 Å². The van der Waals surface area contributed by atoms with E-state index in [9.17, 15) is 13.2 Å². The Morgan fingerprint density at radius 2 is 2.00 bits per heavy atom. The van der Waals surface area contributed by atoms with Crippen LogP contribution in [0.2, 0.25) is 5.02 Å². The molecule has 1 N–H and O–H groups in total. The van der Waals surface area contributed by atoms with Crippen LogP contribution in [0, 0.1) is 17.2 Å². The Balaban J connectivity index is 1.61. The van der Waals surface area contributed by atoms with Crippen molar-refractivity contribution in [3.63, 3.8) is 0 Å². The molecule has 0 saturated carbocycles. The molecule has 0 radical (unpaired) electrons. The van der Waals surface area contributed by atoms with Gasteiger partial charge in [-0.25, -0.2) is 8.42 Å². The number of benzene rings is 1. The van der Waals surface area contributed by atoms with E-state index < -0.39 is 10.0 Å². The summed E-state index contributed by atoms with van der Waals surface area (Å²) in [5.74, 6) is -0.451. The minimum Gasteiger partial charge on any atom is -0.326 e. The number of hydrogen-bond donors (Lipinski definition) is 1. The molecular formula is C17H15BrClN3O3S2. The summed E-state index contributed by atoms with van der Waals surface area (Å²) in [6, 6.07) is 9.96. The van der Waals surface area contributed by atoms with Crippen LogP contribution in [0.3, 0.4) is 0 Å². The Kier molecular flexibility index (Phi) is 6.23. The van der Waals surface area contributed by atoms with Gasteiger partial charge in [0, 0.05) is 24.7 Å². The molecule has 6 nitrogen and oxygen atoms in total. The average molecular weight is 489 g/mol. The molecule has 2 aromatic rings. The van der Waals surface area contributed by atoms with Crippen molar-refractivity contribution in [1.82, 2.24) is 4.31 Å². The lowest BCUT2D eigenvalue weighted by atomic mass is 9.97. The van der Waals surface area contributed by atoms with Crippen LogP contribution >= 0.6 is 38.9 Å². The first-order valence-electron chi connectivity index (χ1n) is 8.07. The molecule has 1 aromatic carbocycles. The van der Waals surface area contributed by atoms with Crippen LogP contribution in [0.5, 0.6) is 0 Å². The predicted molar refractivity (Wildman–Crippen MR) is 108 cm³/mol. The van der Waals surface area contributed by atoms with E-state index in [1.165, 1.54) is 21.7 Å². The van der Waals surface area contributed by atoms with E-state index in [2.05, 4.69) is 21.2 Å². The Morgan fingerprint density at radius 3 is 2.56 bits per heavy atom. The molecule has 142 valence electrons. The first-order chi connectivity index (χ1) is 12.8. The second kappa shape index (κ2) is 8.29. The van der Waals surface area contributed by atoms with Gasteiger partial charge >= 0.3 is 0 Å². The molecule has 1 saturated heterocycles. The van der Waals surface area contributed by atoms with E-state index in [0.29, 0.717) is 41.4 Å². The summed E-state index contributed by atoms with van der Waals surface area (Å²) in [6.07, 6.45) is 0.892. The third kappa shape index (κ3) is 4.52. The van der Waals surface area contributed by atoms with Crippen LogP contribution in [0.4, 0.5) is 5.69 Å². The number of carbonyl (C=O) groups excluding carboxylic acids is 1. The normalized spacial score (nSPS) is 16.0. The van der Waals surface area contributed by atoms with E-state index in [0.717, 1.165) is 3.79 Å². The number of anilines is 1. The van der Waals surface area contributed by atoms with E-state index in [4.69, 9.17) is 16.9 Å². The van der Waals surface area contributed by atoms with E-state index >= 15 is 0 Å². The minimum atomic E-state index is -3.52. The molecule has 1 amide bonds. The summed E-state index contributed by atoms with van der Waals surface area (Å²) in [4.78, 5) is 12.5. The predicted octanol–water partition coefficient (Wildman–Crippen LogP) is 4.08. The number of sulfonamides is 1. The molecule has 3 rings (SSSR count). The average Bonchev–Trinajstić information content (AvgIpc) is 3.09. The highest BCUT2D eigenvalue weighted by Crippen LogP contribution is 2.31. The van der Waals surface area contributed by atoms with Crippen LogP contribution in [-0.4, -0.2) is 31.7 Å². The highest BCUT2D eigenvalue weighted by molar-refractivity contribution is 9.11.